The minimum absolute atomic E-state index is 0.702. The average Bonchev–Trinajstić information content (AvgIpc) is 2.71. The standard InChI is InChI=1S/C23H25ClN4/c1-2-12-28(17-19-6-3-5-18(14-19)16-25)13-4-10-26-22-9-11-27-23-15-20(24)7-8-21(22)23/h3,5-9,11,14-15H,2,4,10,12-13,17H2,1H3,(H,26,27). The van der Waals surface area contributed by atoms with Crippen LogP contribution < -0.4 is 5.32 Å². The molecule has 0 aliphatic rings. The van der Waals surface area contributed by atoms with Crippen molar-refractivity contribution in [1.29, 1.82) is 5.26 Å². The van der Waals surface area contributed by atoms with Crippen molar-refractivity contribution in [2.45, 2.75) is 26.3 Å². The number of rotatable bonds is 9. The van der Waals surface area contributed by atoms with Crippen LogP contribution in [0.3, 0.4) is 0 Å². The largest absolute Gasteiger partial charge is 0.384 e. The molecular formula is C23H25ClN4. The molecule has 144 valence electrons. The smallest absolute Gasteiger partial charge is 0.0991 e. The summed E-state index contributed by atoms with van der Waals surface area (Å²) >= 11 is 6.06. The van der Waals surface area contributed by atoms with Gasteiger partial charge in [0, 0.05) is 41.9 Å². The summed E-state index contributed by atoms with van der Waals surface area (Å²) < 4.78 is 0. The van der Waals surface area contributed by atoms with Crippen molar-refractivity contribution in [3.63, 3.8) is 0 Å². The molecule has 28 heavy (non-hydrogen) atoms. The SMILES string of the molecule is CCCN(CCCNc1ccnc2cc(Cl)ccc12)Cc1cccc(C#N)c1. The minimum atomic E-state index is 0.702. The van der Waals surface area contributed by atoms with Gasteiger partial charge < -0.3 is 5.32 Å². The van der Waals surface area contributed by atoms with E-state index in [1.54, 1.807) is 0 Å². The van der Waals surface area contributed by atoms with E-state index in [9.17, 15) is 0 Å². The van der Waals surface area contributed by atoms with E-state index in [-0.39, 0.29) is 0 Å². The molecule has 0 radical (unpaired) electrons. The molecule has 3 rings (SSSR count). The second kappa shape index (κ2) is 10.1. The predicted octanol–water partition coefficient (Wildman–Crippen LogP) is 5.47. The van der Waals surface area contributed by atoms with E-state index in [0.29, 0.717) is 5.02 Å². The lowest BCUT2D eigenvalue weighted by Crippen LogP contribution is -2.26. The van der Waals surface area contributed by atoms with Crippen molar-refractivity contribution in [3.8, 4) is 6.07 Å². The molecular weight excluding hydrogens is 368 g/mol. The van der Waals surface area contributed by atoms with Crippen molar-refractivity contribution >= 4 is 28.2 Å². The van der Waals surface area contributed by atoms with Gasteiger partial charge in [0.15, 0.2) is 0 Å². The molecule has 0 fully saturated rings. The van der Waals surface area contributed by atoms with Crippen LogP contribution in [0.4, 0.5) is 5.69 Å². The number of anilines is 1. The van der Waals surface area contributed by atoms with E-state index in [0.717, 1.165) is 61.2 Å². The number of nitrogens with one attached hydrogen (secondary N) is 1. The normalized spacial score (nSPS) is 10.9. The molecule has 0 saturated carbocycles. The first-order valence-electron chi connectivity index (χ1n) is 9.69. The Bertz CT molecular complexity index is 964. The molecule has 0 aliphatic heterocycles. The Morgan fingerprint density at radius 2 is 2.04 bits per heavy atom. The number of benzene rings is 2. The predicted molar refractivity (Wildman–Crippen MR) is 117 cm³/mol. The molecule has 5 heteroatoms. The summed E-state index contributed by atoms with van der Waals surface area (Å²) in [6, 6.07) is 17.9. The number of fused-ring (bicyclic) bond motifs is 1. The third kappa shape index (κ3) is 5.45. The van der Waals surface area contributed by atoms with Gasteiger partial charge in [-0.25, -0.2) is 0 Å². The number of hydrogen-bond acceptors (Lipinski definition) is 4. The quantitative estimate of drug-likeness (QED) is 0.490. The first-order chi connectivity index (χ1) is 13.7. The molecule has 3 aromatic rings. The van der Waals surface area contributed by atoms with Gasteiger partial charge in [0.05, 0.1) is 17.1 Å². The topological polar surface area (TPSA) is 52.0 Å². The maximum absolute atomic E-state index is 9.09. The summed E-state index contributed by atoms with van der Waals surface area (Å²) in [4.78, 5) is 6.84. The van der Waals surface area contributed by atoms with E-state index in [4.69, 9.17) is 16.9 Å². The monoisotopic (exact) mass is 392 g/mol. The van der Waals surface area contributed by atoms with Gasteiger partial charge in [0.1, 0.15) is 0 Å². The molecule has 0 amide bonds. The highest BCUT2D eigenvalue weighted by Gasteiger charge is 2.07. The van der Waals surface area contributed by atoms with E-state index in [1.807, 2.05) is 48.7 Å². The lowest BCUT2D eigenvalue weighted by Gasteiger charge is -2.22. The van der Waals surface area contributed by atoms with Crippen LogP contribution in [0.2, 0.25) is 5.02 Å². The number of aromatic nitrogens is 1. The summed E-state index contributed by atoms with van der Waals surface area (Å²) in [5.74, 6) is 0. The summed E-state index contributed by atoms with van der Waals surface area (Å²) in [5.41, 5.74) is 3.91. The van der Waals surface area contributed by atoms with E-state index < -0.39 is 0 Å². The Hall–Kier alpha value is -2.61. The van der Waals surface area contributed by atoms with Crippen LogP contribution in [0, 0.1) is 11.3 Å². The van der Waals surface area contributed by atoms with Crippen LogP contribution >= 0.6 is 11.6 Å². The maximum Gasteiger partial charge on any atom is 0.0991 e. The summed E-state index contributed by atoms with van der Waals surface area (Å²) in [6.45, 7) is 6.02. The van der Waals surface area contributed by atoms with Gasteiger partial charge in [-0.3, -0.25) is 9.88 Å². The van der Waals surface area contributed by atoms with Crippen LogP contribution in [0.25, 0.3) is 10.9 Å². The Balaban J connectivity index is 1.56. The number of halogens is 1. The zero-order valence-corrected chi connectivity index (χ0v) is 16.9. The van der Waals surface area contributed by atoms with E-state index in [1.165, 1.54) is 5.56 Å². The zero-order valence-electron chi connectivity index (χ0n) is 16.2. The minimum Gasteiger partial charge on any atom is -0.384 e. The first kappa shape index (κ1) is 20.1. The van der Waals surface area contributed by atoms with Crippen LogP contribution in [-0.4, -0.2) is 29.5 Å². The van der Waals surface area contributed by atoms with Gasteiger partial charge >= 0.3 is 0 Å². The maximum atomic E-state index is 9.09. The summed E-state index contributed by atoms with van der Waals surface area (Å²) in [7, 11) is 0. The molecule has 1 aromatic heterocycles. The Labute approximate surface area is 171 Å². The van der Waals surface area contributed by atoms with Crippen molar-refractivity contribution in [3.05, 3.63) is 70.9 Å². The number of nitriles is 1. The van der Waals surface area contributed by atoms with Crippen LogP contribution in [0.5, 0.6) is 0 Å². The highest BCUT2D eigenvalue weighted by atomic mass is 35.5. The van der Waals surface area contributed by atoms with Crippen molar-refractivity contribution in [2.24, 2.45) is 0 Å². The lowest BCUT2D eigenvalue weighted by molar-refractivity contribution is 0.265. The molecule has 0 atom stereocenters. The second-order valence-corrected chi connectivity index (χ2v) is 7.33. The fraction of sp³-hybridized carbons (Fsp3) is 0.304. The Morgan fingerprint density at radius 3 is 2.86 bits per heavy atom. The molecule has 2 aromatic carbocycles. The summed E-state index contributed by atoms with van der Waals surface area (Å²) in [6.07, 6.45) is 3.96. The van der Waals surface area contributed by atoms with Gasteiger partial charge in [-0.1, -0.05) is 30.7 Å². The van der Waals surface area contributed by atoms with E-state index >= 15 is 0 Å². The van der Waals surface area contributed by atoms with Crippen molar-refractivity contribution < 1.29 is 0 Å². The van der Waals surface area contributed by atoms with Gasteiger partial charge in [0.25, 0.3) is 0 Å². The van der Waals surface area contributed by atoms with Crippen molar-refractivity contribution in [2.75, 3.05) is 25.0 Å². The molecule has 1 N–H and O–H groups in total. The molecule has 4 nitrogen and oxygen atoms in total. The first-order valence-corrected chi connectivity index (χ1v) is 10.1. The fourth-order valence-electron chi connectivity index (χ4n) is 3.38. The van der Waals surface area contributed by atoms with Crippen LogP contribution in [-0.2, 0) is 6.54 Å². The molecule has 0 spiro atoms. The van der Waals surface area contributed by atoms with Crippen LogP contribution in [0.1, 0.15) is 30.9 Å². The summed E-state index contributed by atoms with van der Waals surface area (Å²) in [5, 5.41) is 14.4. The Morgan fingerprint density at radius 1 is 1.14 bits per heavy atom. The van der Waals surface area contributed by atoms with Gasteiger partial charge in [0.2, 0.25) is 0 Å². The zero-order chi connectivity index (χ0) is 19.8. The fourth-order valence-corrected chi connectivity index (χ4v) is 3.55. The number of nitrogens with zero attached hydrogens (tertiary/aromatic N) is 3. The number of hydrogen-bond donors (Lipinski definition) is 1. The molecule has 0 saturated heterocycles. The third-order valence-corrected chi connectivity index (χ3v) is 4.91. The van der Waals surface area contributed by atoms with Crippen molar-refractivity contribution in [1.82, 2.24) is 9.88 Å². The molecule has 0 unspecified atom stereocenters. The molecule has 0 bridgehead atoms. The lowest BCUT2D eigenvalue weighted by atomic mass is 10.1. The third-order valence-electron chi connectivity index (χ3n) is 4.67. The van der Waals surface area contributed by atoms with E-state index in [2.05, 4.69) is 34.3 Å². The van der Waals surface area contributed by atoms with Gasteiger partial charge in [-0.2, -0.15) is 5.26 Å². The highest BCUT2D eigenvalue weighted by molar-refractivity contribution is 6.31. The molecule has 0 aliphatic carbocycles. The second-order valence-electron chi connectivity index (χ2n) is 6.89. The van der Waals surface area contributed by atoms with Crippen LogP contribution in [0.15, 0.2) is 54.7 Å². The van der Waals surface area contributed by atoms with Gasteiger partial charge in [-0.05, 0) is 61.3 Å². The molecule has 1 heterocycles. The average molecular weight is 393 g/mol. The number of pyridine rings is 1. The highest BCUT2D eigenvalue weighted by Crippen LogP contribution is 2.24. The van der Waals surface area contributed by atoms with Gasteiger partial charge in [-0.15, -0.1) is 0 Å². The Kier molecular flexibility index (Phi) is 7.25.